The van der Waals surface area contributed by atoms with Crippen LogP contribution in [0.15, 0.2) is 42.7 Å². The molecule has 1 unspecified atom stereocenters. The van der Waals surface area contributed by atoms with Gasteiger partial charge in [0, 0.05) is 25.4 Å². The predicted octanol–water partition coefficient (Wildman–Crippen LogP) is 2.64. The van der Waals surface area contributed by atoms with Gasteiger partial charge in [-0.15, -0.1) is 0 Å². The van der Waals surface area contributed by atoms with Gasteiger partial charge in [-0.3, -0.25) is 0 Å². The molecule has 0 radical (unpaired) electrons. The van der Waals surface area contributed by atoms with E-state index in [4.69, 9.17) is 0 Å². The Balaban J connectivity index is 2.32. The summed E-state index contributed by atoms with van der Waals surface area (Å²) < 4.78 is 2.29. The van der Waals surface area contributed by atoms with Crippen LogP contribution in [0.25, 0.3) is 0 Å². The highest BCUT2D eigenvalue weighted by Gasteiger charge is 2.15. The third-order valence-corrected chi connectivity index (χ3v) is 3.14. The zero-order valence-electron chi connectivity index (χ0n) is 11.1. The minimum Gasteiger partial charge on any atom is -0.326 e. The molecular weight excluding hydrogens is 222 g/mol. The summed E-state index contributed by atoms with van der Waals surface area (Å²) in [5, 5.41) is 3.28. The maximum absolute atomic E-state index is 4.47. The monoisotopic (exact) mass is 243 g/mol. The number of rotatable bonds is 6. The van der Waals surface area contributed by atoms with Gasteiger partial charge in [-0.05, 0) is 19.0 Å². The van der Waals surface area contributed by atoms with Crippen molar-refractivity contribution in [2.75, 3.05) is 13.6 Å². The second-order valence-electron chi connectivity index (χ2n) is 4.48. The molecule has 1 heterocycles. The topological polar surface area (TPSA) is 29.9 Å². The minimum atomic E-state index is 0.320. The molecule has 1 aromatic heterocycles. The molecule has 0 saturated carbocycles. The molecular formula is C15H21N3. The lowest BCUT2D eigenvalue weighted by Gasteiger charge is -2.21. The third kappa shape index (κ3) is 2.79. The van der Waals surface area contributed by atoms with E-state index in [1.54, 1.807) is 0 Å². The molecule has 0 aliphatic carbocycles. The highest BCUT2D eigenvalue weighted by Crippen LogP contribution is 2.19. The molecule has 3 nitrogen and oxygen atoms in total. The third-order valence-electron chi connectivity index (χ3n) is 3.14. The SMILES string of the molecule is CCCc1nccn1C(CNC)c1ccccc1. The Morgan fingerprint density at radius 3 is 2.72 bits per heavy atom. The van der Waals surface area contributed by atoms with E-state index in [2.05, 4.69) is 58.3 Å². The van der Waals surface area contributed by atoms with Crippen LogP contribution < -0.4 is 5.32 Å². The molecule has 0 amide bonds. The van der Waals surface area contributed by atoms with Crippen molar-refractivity contribution in [3.63, 3.8) is 0 Å². The first-order chi connectivity index (χ1) is 8.86. The summed E-state index contributed by atoms with van der Waals surface area (Å²) in [6.07, 6.45) is 6.13. The van der Waals surface area contributed by atoms with Gasteiger partial charge in [0.1, 0.15) is 5.82 Å². The fourth-order valence-corrected chi connectivity index (χ4v) is 2.29. The Morgan fingerprint density at radius 1 is 1.28 bits per heavy atom. The molecule has 3 heteroatoms. The van der Waals surface area contributed by atoms with Crippen LogP contribution in [0.5, 0.6) is 0 Å². The molecule has 1 atom stereocenters. The number of hydrogen-bond donors (Lipinski definition) is 1. The summed E-state index contributed by atoms with van der Waals surface area (Å²) in [5.41, 5.74) is 1.32. The fourth-order valence-electron chi connectivity index (χ4n) is 2.29. The van der Waals surface area contributed by atoms with Crippen molar-refractivity contribution in [2.24, 2.45) is 0 Å². The van der Waals surface area contributed by atoms with Gasteiger partial charge < -0.3 is 9.88 Å². The van der Waals surface area contributed by atoms with Gasteiger partial charge in [0.15, 0.2) is 0 Å². The summed E-state index contributed by atoms with van der Waals surface area (Å²) in [6, 6.07) is 10.9. The summed E-state index contributed by atoms with van der Waals surface area (Å²) in [6.45, 7) is 3.10. The average Bonchev–Trinajstić information content (AvgIpc) is 2.85. The predicted molar refractivity (Wildman–Crippen MR) is 74.7 cm³/mol. The molecule has 0 spiro atoms. The van der Waals surface area contributed by atoms with Gasteiger partial charge in [-0.25, -0.2) is 4.98 Å². The summed E-state index contributed by atoms with van der Waals surface area (Å²) in [4.78, 5) is 4.47. The first-order valence-corrected chi connectivity index (χ1v) is 6.58. The Kier molecular flexibility index (Phi) is 4.53. The van der Waals surface area contributed by atoms with Gasteiger partial charge >= 0.3 is 0 Å². The molecule has 0 bridgehead atoms. The summed E-state index contributed by atoms with van der Waals surface area (Å²) in [7, 11) is 1.99. The van der Waals surface area contributed by atoms with Crippen LogP contribution in [0.2, 0.25) is 0 Å². The van der Waals surface area contributed by atoms with Crippen LogP contribution >= 0.6 is 0 Å². The van der Waals surface area contributed by atoms with Crippen molar-refractivity contribution >= 4 is 0 Å². The van der Waals surface area contributed by atoms with Gasteiger partial charge in [0.25, 0.3) is 0 Å². The molecule has 1 aromatic carbocycles. The van der Waals surface area contributed by atoms with Crippen molar-refractivity contribution in [1.82, 2.24) is 14.9 Å². The van der Waals surface area contributed by atoms with Crippen molar-refractivity contribution in [1.29, 1.82) is 0 Å². The largest absolute Gasteiger partial charge is 0.326 e. The lowest BCUT2D eigenvalue weighted by molar-refractivity contribution is 0.526. The highest BCUT2D eigenvalue weighted by atomic mass is 15.1. The Hall–Kier alpha value is -1.61. The highest BCUT2D eigenvalue weighted by molar-refractivity contribution is 5.21. The maximum atomic E-state index is 4.47. The quantitative estimate of drug-likeness (QED) is 0.845. The molecule has 2 aromatic rings. The van der Waals surface area contributed by atoms with Crippen LogP contribution in [-0.2, 0) is 6.42 Å². The molecule has 0 saturated heterocycles. The van der Waals surface area contributed by atoms with Crippen LogP contribution in [-0.4, -0.2) is 23.1 Å². The maximum Gasteiger partial charge on any atom is 0.109 e. The van der Waals surface area contributed by atoms with Gasteiger partial charge in [0.2, 0.25) is 0 Å². The van der Waals surface area contributed by atoms with E-state index in [1.165, 1.54) is 11.4 Å². The van der Waals surface area contributed by atoms with Gasteiger partial charge in [0.05, 0.1) is 6.04 Å². The molecule has 1 N–H and O–H groups in total. The number of imidazole rings is 1. The smallest absolute Gasteiger partial charge is 0.109 e. The van der Waals surface area contributed by atoms with E-state index in [9.17, 15) is 0 Å². The standard InChI is InChI=1S/C15H21N3/c1-3-7-15-17-10-11-18(15)14(12-16-2)13-8-5-4-6-9-13/h4-6,8-11,14,16H,3,7,12H2,1-2H3. The normalized spacial score (nSPS) is 12.6. The lowest BCUT2D eigenvalue weighted by Crippen LogP contribution is -2.24. The molecule has 0 fully saturated rings. The molecule has 0 aliphatic rings. The first-order valence-electron chi connectivity index (χ1n) is 6.58. The van der Waals surface area contributed by atoms with Gasteiger partial charge in [-0.2, -0.15) is 0 Å². The number of aryl methyl sites for hydroxylation is 1. The minimum absolute atomic E-state index is 0.320. The molecule has 18 heavy (non-hydrogen) atoms. The Morgan fingerprint density at radius 2 is 2.06 bits per heavy atom. The Bertz CT molecular complexity index is 462. The number of aromatic nitrogens is 2. The number of likely N-dealkylation sites (N-methyl/N-ethyl adjacent to an activating group) is 1. The molecule has 2 rings (SSSR count). The van der Waals surface area contributed by atoms with E-state index in [-0.39, 0.29) is 0 Å². The van der Waals surface area contributed by atoms with E-state index >= 15 is 0 Å². The second-order valence-corrected chi connectivity index (χ2v) is 4.48. The van der Waals surface area contributed by atoms with E-state index in [1.807, 2.05) is 13.2 Å². The van der Waals surface area contributed by atoms with Crippen molar-refractivity contribution in [3.8, 4) is 0 Å². The average molecular weight is 243 g/mol. The van der Waals surface area contributed by atoms with Crippen molar-refractivity contribution in [2.45, 2.75) is 25.8 Å². The van der Waals surface area contributed by atoms with Gasteiger partial charge in [-0.1, -0.05) is 37.3 Å². The van der Waals surface area contributed by atoms with Crippen LogP contribution in [0, 0.1) is 0 Å². The number of hydrogen-bond acceptors (Lipinski definition) is 2. The summed E-state index contributed by atoms with van der Waals surface area (Å²) in [5.74, 6) is 1.17. The van der Waals surface area contributed by atoms with Crippen LogP contribution in [0.3, 0.4) is 0 Å². The molecule has 0 aliphatic heterocycles. The summed E-state index contributed by atoms with van der Waals surface area (Å²) >= 11 is 0. The van der Waals surface area contributed by atoms with Crippen LogP contribution in [0.1, 0.15) is 30.8 Å². The van der Waals surface area contributed by atoms with E-state index < -0.39 is 0 Å². The first kappa shape index (κ1) is 12.8. The van der Waals surface area contributed by atoms with Crippen LogP contribution in [0.4, 0.5) is 0 Å². The lowest BCUT2D eigenvalue weighted by atomic mass is 10.1. The number of nitrogens with one attached hydrogen (secondary N) is 1. The van der Waals surface area contributed by atoms with Crippen molar-refractivity contribution < 1.29 is 0 Å². The van der Waals surface area contributed by atoms with E-state index in [0.29, 0.717) is 6.04 Å². The second kappa shape index (κ2) is 6.36. The zero-order valence-corrected chi connectivity index (χ0v) is 11.1. The molecule has 96 valence electrons. The Labute approximate surface area is 109 Å². The van der Waals surface area contributed by atoms with E-state index in [0.717, 1.165) is 19.4 Å². The fraction of sp³-hybridized carbons (Fsp3) is 0.400. The number of nitrogens with zero attached hydrogens (tertiary/aromatic N) is 2. The van der Waals surface area contributed by atoms with Crippen molar-refractivity contribution in [3.05, 3.63) is 54.1 Å². The number of benzene rings is 1. The zero-order chi connectivity index (χ0) is 12.8.